The molecule has 4 rings (SSSR count). The number of para-hydroxylation sites is 1. The van der Waals surface area contributed by atoms with Crippen molar-refractivity contribution in [3.8, 4) is 0 Å². The molecular formula is C22H22F4N4O2. The van der Waals surface area contributed by atoms with E-state index in [0.717, 1.165) is 4.90 Å². The molecule has 10 heteroatoms. The lowest BCUT2D eigenvalue weighted by atomic mass is 10.0. The number of piperidine rings is 1. The van der Waals surface area contributed by atoms with E-state index in [0.29, 0.717) is 12.8 Å². The summed E-state index contributed by atoms with van der Waals surface area (Å²) in [6, 6.07) is 6.42. The lowest BCUT2D eigenvalue weighted by Gasteiger charge is -2.33. The van der Waals surface area contributed by atoms with Gasteiger partial charge in [0.25, 0.3) is 0 Å². The fourth-order valence-corrected chi connectivity index (χ4v) is 4.05. The van der Waals surface area contributed by atoms with Gasteiger partial charge in [0.05, 0.1) is 17.1 Å². The summed E-state index contributed by atoms with van der Waals surface area (Å²) in [5.74, 6) is -3.57. The minimum absolute atomic E-state index is 0.0124. The summed E-state index contributed by atoms with van der Waals surface area (Å²) in [7, 11) is 0. The highest BCUT2D eigenvalue weighted by molar-refractivity contribution is 6.01. The molecule has 6 nitrogen and oxygen atoms in total. The summed E-state index contributed by atoms with van der Waals surface area (Å²) >= 11 is 0. The minimum atomic E-state index is -1.20. The molecule has 0 spiro atoms. The van der Waals surface area contributed by atoms with E-state index >= 15 is 0 Å². The van der Waals surface area contributed by atoms with Gasteiger partial charge in [0, 0.05) is 19.6 Å². The average molecular weight is 450 g/mol. The molecule has 2 aliphatic heterocycles. The van der Waals surface area contributed by atoms with Crippen LogP contribution in [0.3, 0.4) is 0 Å². The van der Waals surface area contributed by atoms with Crippen molar-refractivity contribution in [2.45, 2.75) is 31.5 Å². The molecule has 32 heavy (non-hydrogen) atoms. The predicted molar refractivity (Wildman–Crippen MR) is 112 cm³/mol. The van der Waals surface area contributed by atoms with Crippen molar-refractivity contribution in [2.24, 2.45) is 0 Å². The second kappa shape index (κ2) is 9.05. The second-order valence-electron chi connectivity index (χ2n) is 7.83. The van der Waals surface area contributed by atoms with Gasteiger partial charge in [-0.2, -0.15) is 0 Å². The average Bonchev–Trinajstić information content (AvgIpc) is 3.19. The Balaban J connectivity index is 1.47. The zero-order valence-electron chi connectivity index (χ0n) is 17.1. The maximum atomic E-state index is 14.9. The molecule has 2 heterocycles. The Morgan fingerprint density at radius 3 is 2.41 bits per heavy atom. The molecule has 2 aromatic carbocycles. The first kappa shape index (κ1) is 21.9. The molecule has 0 unspecified atom stereocenters. The number of halogens is 4. The minimum Gasteiger partial charge on any atom is -0.366 e. The quantitative estimate of drug-likeness (QED) is 0.693. The first-order chi connectivity index (χ1) is 15.3. The summed E-state index contributed by atoms with van der Waals surface area (Å²) in [4.78, 5) is 27.6. The molecule has 2 N–H and O–H groups in total. The van der Waals surface area contributed by atoms with Crippen molar-refractivity contribution in [3.63, 3.8) is 0 Å². The van der Waals surface area contributed by atoms with Crippen LogP contribution in [0.5, 0.6) is 0 Å². The van der Waals surface area contributed by atoms with Gasteiger partial charge in [0.15, 0.2) is 11.6 Å². The molecule has 170 valence electrons. The summed E-state index contributed by atoms with van der Waals surface area (Å²) in [6.45, 7) is 0.419. The third-order valence-corrected chi connectivity index (χ3v) is 5.67. The highest BCUT2D eigenvalue weighted by atomic mass is 19.2. The molecule has 2 atom stereocenters. The highest BCUT2D eigenvalue weighted by Crippen LogP contribution is 2.33. The molecule has 2 aliphatic rings. The van der Waals surface area contributed by atoms with Gasteiger partial charge in [-0.3, -0.25) is 4.79 Å². The predicted octanol–water partition coefficient (Wildman–Crippen LogP) is 3.97. The summed E-state index contributed by atoms with van der Waals surface area (Å²) in [5.41, 5.74) is -0.339. The Hall–Kier alpha value is -3.30. The van der Waals surface area contributed by atoms with Gasteiger partial charge >= 0.3 is 6.03 Å². The highest BCUT2D eigenvalue weighted by Gasteiger charge is 2.34. The second-order valence-corrected chi connectivity index (χ2v) is 7.83. The number of carbonyl (C=O) groups is 2. The van der Waals surface area contributed by atoms with E-state index in [1.54, 1.807) is 6.07 Å². The van der Waals surface area contributed by atoms with Gasteiger partial charge in [-0.25, -0.2) is 22.4 Å². The topological polar surface area (TPSA) is 64.7 Å². The monoisotopic (exact) mass is 450 g/mol. The van der Waals surface area contributed by atoms with Gasteiger partial charge in [-0.05, 0) is 43.5 Å². The maximum absolute atomic E-state index is 14.9. The smallest absolute Gasteiger partial charge is 0.319 e. The molecule has 0 radical (unpaired) electrons. The van der Waals surface area contributed by atoms with E-state index in [1.165, 1.54) is 35.2 Å². The fourth-order valence-electron chi connectivity index (χ4n) is 4.05. The molecule has 0 saturated carbocycles. The first-order valence-corrected chi connectivity index (χ1v) is 10.4. The third-order valence-electron chi connectivity index (χ3n) is 5.67. The molecule has 0 aliphatic carbocycles. The fraction of sp³-hybridized carbons (Fsp3) is 0.364. The number of hydrogen-bond acceptors (Lipinski definition) is 3. The molecular weight excluding hydrogens is 428 g/mol. The van der Waals surface area contributed by atoms with E-state index in [1.807, 2.05) is 0 Å². The SMILES string of the molecule is O=C(Nc1ccccc1F)N[C@@H]1CCCN(c2ccc(N3CC[C@@H](F)C3)c(F)c2F)C1=O. The van der Waals surface area contributed by atoms with E-state index in [-0.39, 0.29) is 43.1 Å². The van der Waals surface area contributed by atoms with Crippen LogP contribution in [-0.4, -0.2) is 43.8 Å². The van der Waals surface area contributed by atoms with Crippen LogP contribution in [0.15, 0.2) is 36.4 Å². The summed E-state index contributed by atoms with van der Waals surface area (Å²) < 4.78 is 56.7. The zero-order valence-corrected chi connectivity index (χ0v) is 17.1. The van der Waals surface area contributed by atoms with Crippen LogP contribution in [-0.2, 0) is 4.79 Å². The maximum Gasteiger partial charge on any atom is 0.319 e. The zero-order chi connectivity index (χ0) is 22.8. The van der Waals surface area contributed by atoms with E-state index in [9.17, 15) is 27.2 Å². The Kier molecular flexibility index (Phi) is 6.20. The van der Waals surface area contributed by atoms with Crippen LogP contribution in [0, 0.1) is 17.5 Å². The first-order valence-electron chi connectivity index (χ1n) is 10.4. The number of urea groups is 1. The Morgan fingerprint density at radius 2 is 1.69 bits per heavy atom. The van der Waals surface area contributed by atoms with E-state index < -0.39 is 41.6 Å². The number of nitrogens with zero attached hydrogens (tertiary/aromatic N) is 2. The Bertz CT molecular complexity index is 1030. The number of anilines is 3. The number of hydrogen-bond donors (Lipinski definition) is 2. The van der Waals surface area contributed by atoms with E-state index in [2.05, 4.69) is 10.6 Å². The van der Waals surface area contributed by atoms with Crippen LogP contribution in [0.4, 0.5) is 39.4 Å². The molecule has 2 fully saturated rings. The van der Waals surface area contributed by atoms with Gasteiger partial charge in [0.2, 0.25) is 5.91 Å². The van der Waals surface area contributed by atoms with E-state index in [4.69, 9.17) is 0 Å². The molecule has 3 amide bonds. The van der Waals surface area contributed by atoms with Gasteiger partial charge in [-0.15, -0.1) is 0 Å². The number of benzene rings is 2. The van der Waals surface area contributed by atoms with Crippen LogP contribution >= 0.6 is 0 Å². The number of carbonyl (C=O) groups excluding carboxylic acids is 2. The Labute approximate surface area is 182 Å². The number of amides is 3. The van der Waals surface area contributed by atoms with Gasteiger partial charge in [0.1, 0.15) is 18.0 Å². The number of nitrogens with one attached hydrogen (secondary N) is 2. The van der Waals surface area contributed by atoms with Crippen LogP contribution in [0.2, 0.25) is 0 Å². The molecule has 2 saturated heterocycles. The Morgan fingerprint density at radius 1 is 0.969 bits per heavy atom. The van der Waals surface area contributed by atoms with Gasteiger partial charge in [-0.1, -0.05) is 12.1 Å². The summed E-state index contributed by atoms with van der Waals surface area (Å²) in [5, 5.41) is 4.79. The molecule has 2 aromatic rings. The van der Waals surface area contributed by atoms with Crippen molar-refractivity contribution in [2.75, 3.05) is 34.8 Å². The van der Waals surface area contributed by atoms with Crippen LogP contribution in [0.25, 0.3) is 0 Å². The van der Waals surface area contributed by atoms with Crippen LogP contribution in [0.1, 0.15) is 19.3 Å². The largest absolute Gasteiger partial charge is 0.366 e. The molecule has 0 bridgehead atoms. The number of alkyl halides is 1. The lowest BCUT2D eigenvalue weighted by molar-refractivity contribution is -0.121. The molecule has 0 aromatic heterocycles. The van der Waals surface area contributed by atoms with Crippen molar-refractivity contribution in [1.82, 2.24) is 5.32 Å². The third kappa shape index (κ3) is 4.35. The normalized spacial score (nSPS) is 21.1. The van der Waals surface area contributed by atoms with Crippen LogP contribution < -0.4 is 20.4 Å². The number of rotatable bonds is 4. The van der Waals surface area contributed by atoms with Crippen molar-refractivity contribution in [1.29, 1.82) is 0 Å². The van der Waals surface area contributed by atoms with Crippen molar-refractivity contribution >= 4 is 29.0 Å². The lowest BCUT2D eigenvalue weighted by Crippen LogP contribution is -2.53. The van der Waals surface area contributed by atoms with Crippen molar-refractivity contribution < 1.29 is 27.2 Å². The van der Waals surface area contributed by atoms with Gasteiger partial charge < -0.3 is 20.4 Å². The van der Waals surface area contributed by atoms with Crippen molar-refractivity contribution in [3.05, 3.63) is 53.8 Å². The standard InChI is InChI=1S/C22H22F4N4O2/c23-13-9-11-29(12-13)17-7-8-18(20(26)19(17)25)30-10-3-6-16(21(30)31)28-22(32)27-15-5-2-1-4-14(15)24/h1-2,4-5,7-8,13,16H,3,6,9-12H2,(H2,27,28,32)/t13-,16-/m1/s1. The summed E-state index contributed by atoms with van der Waals surface area (Å²) in [6.07, 6.45) is -0.110.